The lowest BCUT2D eigenvalue weighted by molar-refractivity contribution is -0.126. The summed E-state index contributed by atoms with van der Waals surface area (Å²) in [6.07, 6.45) is 3.72. The molecule has 2 bridgehead atoms. The van der Waals surface area contributed by atoms with Gasteiger partial charge in [-0.1, -0.05) is 26.5 Å². The maximum Gasteiger partial charge on any atom is 0.355 e. The van der Waals surface area contributed by atoms with E-state index >= 15 is 8.78 Å². The van der Waals surface area contributed by atoms with Crippen molar-refractivity contribution in [3.63, 3.8) is 0 Å². The number of piperazine rings is 1. The minimum atomic E-state index is -0.733. The number of carbonyl (C=O) groups excluding carboxylic acids is 1. The number of carbonyl (C=O) groups is 1. The molecule has 43 heavy (non-hydrogen) atoms. The molecule has 1 amide bonds. The van der Waals surface area contributed by atoms with Gasteiger partial charge in [-0.3, -0.25) is 9.78 Å². The zero-order chi connectivity index (χ0) is 30.0. The average molecular weight is 602 g/mol. The highest BCUT2D eigenvalue weighted by Crippen LogP contribution is 2.42. The third-order valence-corrected chi connectivity index (χ3v) is 9.30. The van der Waals surface area contributed by atoms with Crippen LogP contribution in [0.2, 0.25) is 0 Å². The summed E-state index contributed by atoms with van der Waals surface area (Å²) < 4.78 is 32.9. The topological polar surface area (TPSA) is 96.3 Å². The Morgan fingerprint density at radius 2 is 2.00 bits per heavy atom. The molecule has 2 atom stereocenters. The number of aromatic nitrogens is 4. The minimum Gasteiger partial charge on any atom is -0.384 e. The van der Waals surface area contributed by atoms with Crippen LogP contribution in [0, 0.1) is 11.6 Å². The van der Waals surface area contributed by atoms with Gasteiger partial charge < -0.3 is 15.1 Å². The fourth-order valence-electron chi connectivity index (χ4n) is 6.22. The van der Waals surface area contributed by atoms with Crippen molar-refractivity contribution in [2.24, 2.45) is 0 Å². The van der Waals surface area contributed by atoms with Gasteiger partial charge in [0, 0.05) is 42.2 Å². The molecule has 9 nitrogen and oxygen atoms in total. The second-order valence-electron chi connectivity index (χ2n) is 11.2. The zero-order valence-corrected chi connectivity index (χ0v) is 24.5. The number of halogens is 2. The van der Waals surface area contributed by atoms with Crippen LogP contribution in [0.4, 0.5) is 20.3 Å². The van der Waals surface area contributed by atoms with Crippen LogP contribution in [0.25, 0.3) is 28.0 Å². The molecule has 1 aliphatic carbocycles. The molecular formula is C31H29F2N7O2S. The smallest absolute Gasteiger partial charge is 0.355 e. The highest BCUT2D eigenvalue weighted by atomic mass is 32.2. The third kappa shape index (κ3) is 4.46. The summed E-state index contributed by atoms with van der Waals surface area (Å²) in [7, 11) is 0. The van der Waals surface area contributed by atoms with Gasteiger partial charge in [0.05, 0.1) is 34.4 Å². The van der Waals surface area contributed by atoms with E-state index in [1.807, 2.05) is 24.8 Å². The van der Waals surface area contributed by atoms with Gasteiger partial charge in [-0.25, -0.2) is 23.1 Å². The normalized spacial score (nSPS) is 19.2. The molecule has 1 N–H and O–H groups in total. The van der Waals surface area contributed by atoms with Crippen LogP contribution in [0.15, 0.2) is 58.9 Å². The number of benzene rings is 1. The van der Waals surface area contributed by atoms with Crippen molar-refractivity contribution in [2.75, 3.05) is 35.6 Å². The number of hydrogen-bond donors (Lipinski definition) is 1. The fraction of sp³-hybridized carbons (Fsp3) is 0.323. The average Bonchev–Trinajstić information content (AvgIpc) is 3.79. The van der Waals surface area contributed by atoms with Crippen LogP contribution in [0.3, 0.4) is 0 Å². The van der Waals surface area contributed by atoms with Crippen LogP contribution in [0.1, 0.15) is 31.9 Å². The van der Waals surface area contributed by atoms with E-state index < -0.39 is 17.3 Å². The number of nitrogens with zero attached hydrogens (tertiary/aromatic N) is 6. The van der Waals surface area contributed by atoms with E-state index in [0.29, 0.717) is 60.1 Å². The third-order valence-electron chi connectivity index (χ3n) is 8.25. The molecule has 1 saturated heterocycles. The quantitative estimate of drug-likeness (QED) is 0.337. The summed E-state index contributed by atoms with van der Waals surface area (Å²) in [5.74, 6) is -0.661. The summed E-state index contributed by atoms with van der Waals surface area (Å²) >= 11 is 1.54. The molecule has 0 spiro atoms. The van der Waals surface area contributed by atoms with Crippen molar-refractivity contribution >= 4 is 40.2 Å². The zero-order valence-electron chi connectivity index (χ0n) is 23.7. The Bertz CT molecular complexity index is 1880. The summed E-state index contributed by atoms with van der Waals surface area (Å²) in [6, 6.07) is 7.56. The van der Waals surface area contributed by atoms with E-state index in [0.717, 1.165) is 4.90 Å². The van der Waals surface area contributed by atoms with E-state index in [9.17, 15) is 9.59 Å². The van der Waals surface area contributed by atoms with E-state index in [4.69, 9.17) is 4.98 Å². The maximum absolute atomic E-state index is 16.1. The maximum atomic E-state index is 16.1. The number of thioether (sulfide) groups is 1. The molecule has 12 heteroatoms. The van der Waals surface area contributed by atoms with Gasteiger partial charge in [0.2, 0.25) is 5.91 Å². The van der Waals surface area contributed by atoms with Crippen molar-refractivity contribution in [1.82, 2.24) is 24.4 Å². The van der Waals surface area contributed by atoms with Gasteiger partial charge >= 0.3 is 5.69 Å². The Morgan fingerprint density at radius 1 is 1.16 bits per heavy atom. The molecule has 4 aromatic rings. The Morgan fingerprint density at radius 3 is 2.79 bits per heavy atom. The second kappa shape index (κ2) is 10.4. The minimum absolute atomic E-state index is 0.000799. The van der Waals surface area contributed by atoms with Gasteiger partial charge in [-0.05, 0) is 42.7 Å². The molecule has 3 aromatic heterocycles. The number of rotatable bonds is 3. The highest BCUT2D eigenvalue weighted by molar-refractivity contribution is 7.99. The Kier molecular flexibility index (Phi) is 6.68. The van der Waals surface area contributed by atoms with Crippen molar-refractivity contribution < 1.29 is 13.6 Å². The van der Waals surface area contributed by atoms with E-state index in [1.54, 1.807) is 23.2 Å². The first kappa shape index (κ1) is 27.5. The first-order chi connectivity index (χ1) is 20.8. The van der Waals surface area contributed by atoms with Gasteiger partial charge in [-0.2, -0.15) is 4.98 Å². The molecule has 0 unspecified atom stereocenters. The van der Waals surface area contributed by atoms with Crippen LogP contribution >= 0.6 is 11.8 Å². The van der Waals surface area contributed by atoms with Gasteiger partial charge in [0.25, 0.3) is 0 Å². The molecule has 2 fully saturated rings. The Balaban J connectivity index is 1.53. The van der Waals surface area contributed by atoms with E-state index in [-0.39, 0.29) is 40.8 Å². The van der Waals surface area contributed by atoms with Crippen LogP contribution in [-0.4, -0.2) is 67.8 Å². The number of fused-ring (bicyclic) bond motifs is 6. The predicted molar refractivity (Wildman–Crippen MR) is 163 cm³/mol. The van der Waals surface area contributed by atoms with Crippen molar-refractivity contribution in [2.45, 2.75) is 43.2 Å². The molecule has 1 saturated carbocycles. The van der Waals surface area contributed by atoms with Crippen LogP contribution < -0.4 is 15.9 Å². The van der Waals surface area contributed by atoms with E-state index in [1.165, 1.54) is 34.5 Å². The fourth-order valence-corrected chi connectivity index (χ4v) is 7.13. The highest BCUT2D eigenvalue weighted by Gasteiger charge is 2.51. The number of pyridine rings is 2. The van der Waals surface area contributed by atoms with E-state index in [2.05, 4.69) is 21.9 Å². The summed E-state index contributed by atoms with van der Waals surface area (Å²) in [5.41, 5.74) is 1.01. The van der Waals surface area contributed by atoms with Crippen molar-refractivity contribution in [3.05, 3.63) is 77.0 Å². The van der Waals surface area contributed by atoms with Gasteiger partial charge in [0.15, 0.2) is 11.5 Å². The lowest BCUT2D eigenvalue weighted by Crippen LogP contribution is -2.49. The second-order valence-corrected chi connectivity index (χ2v) is 12.3. The van der Waals surface area contributed by atoms with Crippen molar-refractivity contribution in [3.8, 4) is 16.9 Å². The molecular weight excluding hydrogens is 572 g/mol. The first-order valence-corrected chi connectivity index (χ1v) is 15.2. The lowest BCUT2D eigenvalue weighted by atomic mass is 10.1. The number of hydrogen-bond acceptors (Lipinski definition) is 8. The SMILES string of the molecule is C=CC(=O)N1CCN(c2nc(=O)n3c4nc(c(F)cc24)-c2c(F)cccc2NCCSc2ccnc(C(C)C)c2-3)[C@@H]2C[C@@H]21. The number of nitrogens with one attached hydrogen (secondary N) is 1. The predicted octanol–water partition coefficient (Wildman–Crippen LogP) is 4.74. The molecule has 5 heterocycles. The summed E-state index contributed by atoms with van der Waals surface area (Å²) in [5, 5.41) is 3.57. The molecule has 220 valence electrons. The molecule has 7 rings (SSSR count). The lowest BCUT2D eigenvalue weighted by Gasteiger charge is -2.35. The Labute approximate surface area is 250 Å². The molecule has 2 aliphatic heterocycles. The number of amides is 1. The van der Waals surface area contributed by atoms with Gasteiger partial charge in [0.1, 0.15) is 17.3 Å². The number of anilines is 2. The monoisotopic (exact) mass is 601 g/mol. The summed E-state index contributed by atoms with van der Waals surface area (Å²) in [4.78, 5) is 45.0. The standard InChI is InChI=1S/C31H29F2N7O2S/c1-4-24(41)38-11-12-39(22-15-21(22)38)29-17-14-19(33)27-25-18(32)6-5-7-20(25)34-10-13-43-23-8-9-35-26(16(2)3)28(23)40(30(17)36-27)31(42)37-29/h4-9,14,16,21-22,34H,1,10-13,15H2,2-3H3/t21-,22+/m0/s1. The van der Waals surface area contributed by atoms with Crippen LogP contribution in [0.5, 0.6) is 0 Å². The molecule has 0 radical (unpaired) electrons. The molecule has 3 aliphatic rings. The molecule has 1 aromatic carbocycles. The first-order valence-electron chi connectivity index (χ1n) is 14.3. The van der Waals surface area contributed by atoms with Crippen molar-refractivity contribution in [1.29, 1.82) is 0 Å². The van der Waals surface area contributed by atoms with Crippen LogP contribution in [-0.2, 0) is 4.79 Å². The Hall–Kier alpha value is -4.32. The largest absolute Gasteiger partial charge is 0.384 e. The van der Waals surface area contributed by atoms with Gasteiger partial charge in [-0.15, -0.1) is 11.8 Å². The summed E-state index contributed by atoms with van der Waals surface area (Å²) in [6.45, 7) is 8.86.